The second kappa shape index (κ2) is 14.6. The van der Waals surface area contributed by atoms with Crippen LogP contribution in [0.1, 0.15) is 0 Å². The molecule has 15 rings (SSSR count). The van der Waals surface area contributed by atoms with E-state index in [1.54, 1.807) is 0 Å². The summed E-state index contributed by atoms with van der Waals surface area (Å²) in [5.41, 5.74) is 10.4. The third-order valence-electron chi connectivity index (χ3n) is 14.3. The quantitative estimate of drug-likeness (QED) is 0.122. The van der Waals surface area contributed by atoms with E-state index in [1.807, 2.05) is 22.7 Å². The van der Waals surface area contributed by atoms with E-state index in [1.165, 1.54) is 147 Å². The predicted molar refractivity (Wildman–Crippen MR) is 296 cm³/mol. The maximum atomic E-state index is 2.52. The Morgan fingerprint density at radius 3 is 1.07 bits per heavy atom. The van der Waals surface area contributed by atoms with Crippen molar-refractivity contribution in [3.05, 3.63) is 218 Å². The number of hydrogen-bond donors (Lipinski definition) is 0. The van der Waals surface area contributed by atoms with E-state index >= 15 is 0 Å². The summed E-state index contributed by atoms with van der Waals surface area (Å²) in [6.07, 6.45) is 0. The minimum absolute atomic E-state index is 0.177. The Balaban J connectivity index is 0.925. The first-order valence-electron chi connectivity index (χ1n) is 22.9. The van der Waals surface area contributed by atoms with Crippen LogP contribution in [0.15, 0.2) is 218 Å². The van der Waals surface area contributed by atoms with Crippen molar-refractivity contribution < 1.29 is 0 Å². The van der Waals surface area contributed by atoms with Gasteiger partial charge in [-0.1, -0.05) is 18.2 Å². The second-order valence-corrected chi connectivity index (χ2v) is 22.2. The molecule has 0 fully saturated rings. The van der Waals surface area contributed by atoms with Crippen molar-refractivity contribution in [1.82, 2.24) is 0 Å². The van der Waals surface area contributed by atoms with Crippen molar-refractivity contribution in [2.45, 2.75) is 0 Å². The summed E-state index contributed by atoms with van der Waals surface area (Å²) in [5, 5.41) is 18.4. The summed E-state index contributed by atoms with van der Waals surface area (Å²) in [4.78, 5) is 0. The standard InChI is InChI=1S/C64H36S2Se/c1-5-19-44-40(15-1)59(41-16-2-6-20-45(41)61(44)50-25-13-29-55-63(50)48-23-9-11-27-53(48)65-55)37-32-34-57-52(35-37)39-33-31-38(36-58(39)67-57)60-42-17-3-7-21-46(42)62(47-22-8-4-18-43(47)60)51-26-14-30-56-64(51)49-24-10-12-28-54(49)66-56/h1-36H. The van der Waals surface area contributed by atoms with E-state index in [9.17, 15) is 0 Å². The Bertz CT molecular complexity index is 4470. The Labute approximate surface area is 400 Å². The van der Waals surface area contributed by atoms with Gasteiger partial charge in [-0.25, -0.2) is 0 Å². The molecule has 3 heteroatoms. The van der Waals surface area contributed by atoms with Crippen LogP contribution in [0.5, 0.6) is 0 Å². The van der Waals surface area contributed by atoms with Crippen molar-refractivity contribution in [3.8, 4) is 44.5 Å². The topological polar surface area (TPSA) is 0 Å². The van der Waals surface area contributed by atoms with Crippen LogP contribution in [0.2, 0.25) is 0 Å². The van der Waals surface area contributed by atoms with Gasteiger partial charge in [0.2, 0.25) is 0 Å². The van der Waals surface area contributed by atoms with Gasteiger partial charge in [-0.3, -0.25) is 0 Å². The van der Waals surface area contributed by atoms with Crippen molar-refractivity contribution in [3.63, 3.8) is 0 Å². The molecule has 67 heavy (non-hydrogen) atoms. The molecule has 0 atom stereocenters. The molecule has 0 aliphatic heterocycles. The molecular weight excluding hydrogens is 912 g/mol. The normalized spacial score (nSPS) is 12.2. The zero-order chi connectivity index (χ0) is 43.7. The van der Waals surface area contributed by atoms with Crippen LogP contribution in [-0.4, -0.2) is 14.5 Å². The first kappa shape index (κ1) is 37.8. The van der Waals surface area contributed by atoms with Crippen molar-refractivity contribution in [2.24, 2.45) is 0 Å². The van der Waals surface area contributed by atoms with E-state index in [0.717, 1.165) is 0 Å². The Morgan fingerprint density at radius 1 is 0.239 bits per heavy atom. The van der Waals surface area contributed by atoms with E-state index in [-0.39, 0.29) is 14.5 Å². The first-order chi connectivity index (χ1) is 33.2. The van der Waals surface area contributed by atoms with Gasteiger partial charge in [-0.15, -0.1) is 0 Å². The molecule has 0 aliphatic rings. The van der Waals surface area contributed by atoms with Crippen LogP contribution in [-0.2, 0) is 0 Å². The molecule has 0 radical (unpaired) electrons. The molecule has 3 aromatic heterocycles. The van der Waals surface area contributed by atoms with Gasteiger partial charge < -0.3 is 0 Å². The van der Waals surface area contributed by atoms with Gasteiger partial charge in [0, 0.05) is 0 Å². The molecule has 3 heterocycles. The molecule has 0 amide bonds. The molecule has 12 aromatic carbocycles. The fourth-order valence-electron chi connectivity index (χ4n) is 11.5. The molecule has 0 spiro atoms. The van der Waals surface area contributed by atoms with Gasteiger partial charge in [0.15, 0.2) is 0 Å². The molecule has 310 valence electrons. The summed E-state index contributed by atoms with van der Waals surface area (Å²) >= 11 is 3.96. The summed E-state index contributed by atoms with van der Waals surface area (Å²) in [6, 6.07) is 82.5. The number of thiophene rings is 2. The molecule has 0 aliphatic carbocycles. The zero-order valence-corrected chi connectivity index (χ0v) is 39.4. The third-order valence-corrected chi connectivity index (χ3v) is 18.9. The Morgan fingerprint density at radius 2 is 0.612 bits per heavy atom. The summed E-state index contributed by atoms with van der Waals surface area (Å²) in [7, 11) is 0. The summed E-state index contributed by atoms with van der Waals surface area (Å²) in [5.74, 6) is 0. The van der Waals surface area contributed by atoms with E-state index in [2.05, 4.69) is 218 Å². The van der Waals surface area contributed by atoms with Gasteiger partial charge in [-0.2, -0.15) is 0 Å². The van der Waals surface area contributed by atoms with Crippen molar-refractivity contribution >= 4 is 140 Å². The van der Waals surface area contributed by atoms with Gasteiger partial charge in [0.05, 0.1) is 0 Å². The third kappa shape index (κ3) is 5.52. The summed E-state index contributed by atoms with van der Waals surface area (Å²) < 4.78 is 8.23. The molecule has 15 aromatic rings. The number of hydrogen-bond acceptors (Lipinski definition) is 2. The average Bonchev–Trinajstić information content (AvgIpc) is 4.08. The molecule has 0 bridgehead atoms. The van der Waals surface area contributed by atoms with Crippen LogP contribution in [0.3, 0.4) is 0 Å². The van der Waals surface area contributed by atoms with E-state index in [0.29, 0.717) is 0 Å². The van der Waals surface area contributed by atoms with Crippen molar-refractivity contribution in [1.29, 1.82) is 0 Å². The molecular formula is C64H36S2Se. The average molecular weight is 948 g/mol. The number of benzene rings is 12. The minimum atomic E-state index is 0.177. The molecule has 0 unspecified atom stereocenters. The van der Waals surface area contributed by atoms with Crippen LogP contribution < -0.4 is 0 Å². The van der Waals surface area contributed by atoms with Gasteiger partial charge in [-0.05, 0) is 6.07 Å². The molecule has 0 saturated heterocycles. The summed E-state index contributed by atoms with van der Waals surface area (Å²) in [6.45, 7) is 0. The van der Waals surface area contributed by atoms with E-state index in [4.69, 9.17) is 0 Å². The second-order valence-electron chi connectivity index (χ2n) is 17.8. The molecule has 0 nitrogen and oxygen atoms in total. The SMILES string of the molecule is c1ccc2c(c1)sc1cccc(-c3c4ccccc4c(-c4ccc5c(c4)[se]c4ccc(-c6c7ccccc7c(-c7cccc8sc9ccccc9c78)c7ccccc67)cc45)c4ccccc34)c12. The maximum absolute atomic E-state index is 2.52. The Hall–Kier alpha value is -7.36. The van der Waals surface area contributed by atoms with Crippen LogP contribution >= 0.6 is 22.7 Å². The number of rotatable bonds is 4. The molecule has 0 saturated carbocycles. The zero-order valence-electron chi connectivity index (χ0n) is 36.0. The van der Waals surface area contributed by atoms with Crippen LogP contribution in [0.25, 0.3) is 147 Å². The predicted octanol–water partition coefficient (Wildman–Crippen LogP) is 19.1. The van der Waals surface area contributed by atoms with Gasteiger partial charge in [0.25, 0.3) is 0 Å². The Kier molecular flexibility index (Phi) is 8.22. The van der Waals surface area contributed by atoms with Crippen molar-refractivity contribution in [2.75, 3.05) is 0 Å². The molecule has 0 N–H and O–H groups in total. The van der Waals surface area contributed by atoms with Gasteiger partial charge in [0.1, 0.15) is 0 Å². The monoisotopic (exact) mass is 948 g/mol. The van der Waals surface area contributed by atoms with Gasteiger partial charge >= 0.3 is 379 Å². The van der Waals surface area contributed by atoms with E-state index < -0.39 is 0 Å². The fourth-order valence-corrected chi connectivity index (χ4v) is 16.1. The fraction of sp³-hybridized carbons (Fsp3) is 0. The van der Waals surface area contributed by atoms with Crippen LogP contribution in [0.4, 0.5) is 0 Å². The first-order valence-corrected chi connectivity index (χ1v) is 26.2. The number of fused-ring (bicyclic) bond motifs is 13. The van der Waals surface area contributed by atoms with Crippen LogP contribution in [0, 0.1) is 0 Å².